The van der Waals surface area contributed by atoms with Gasteiger partial charge in [-0.1, -0.05) is 54.2 Å². The zero-order valence-electron chi connectivity index (χ0n) is 13.7. The lowest BCUT2D eigenvalue weighted by Gasteiger charge is -2.13. The molecule has 0 saturated carbocycles. The van der Waals surface area contributed by atoms with E-state index in [0.29, 0.717) is 33.4 Å². The number of hydrogen-bond acceptors (Lipinski definition) is 4. The van der Waals surface area contributed by atoms with Crippen LogP contribution in [0.4, 0.5) is 0 Å². The Bertz CT molecular complexity index is 967. The average molecular weight is 373 g/mol. The van der Waals surface area contributed by atoms with E-state index in [9.17, 15) is 4.79 Å². The first-order chi connectivity index (χ1) is 12.1. The molecule has 25 heavy (non-hydrogen) atoms. The van der Waals surface area contributed by atoms with Crippen molar-refractivity contribution >= 4 is 34.3 Å². The second kappa shape index (κ2) is 7.76. The number of halogens is 1. The summed E-state index contributed by atoms with van der Waals surface area (Å²) < 4.78 is 6.86. The highest BCUT2D eigenvalue weighted by Crippen LogP contribution is 2.22. The molecule has 1 aromatic heterocycles. The standard InChI is InChI=1S/C19H17ClN2O2S/c1-13(20)12-25-19-21-17-6-4-3-5-16(17)18(23)22(19)11-14-7-9-15(24-2)10-8-14/h3-10H,1,11-12H2,2H3. The van der Waals surface area contributed by atoms with Crippen molar-refractivity contribution in [2.24, 2.45) is 0 Å². The van der Waals surface area contributed by atoms with Crippen LogP contribution in [0.25, 0.3) is 10.9 Å². The van der Waals surface area contributed by atoms with E-state index in [2.05, 4.69) is 11.6 Å². The second-order valence-corrected chi connectivity index (χ2v) is 6.93. The highest BCUT2D eigenvalue weighted by atomic mass is 35.5. The fourth-order valence-corrected chi connectivity index (χ4v) is 3.37. The fourth-order valence-electron chi connectivity index (χ4n) is 2.45. The van der Waals surface area contributed by atoms with Gasteiger partial charge in [0.15, 0.2) is 5.16 Å². The van der Waals surface area contributed by atoms with Gasteiger partial charge in [0.1, 0.15) is 5.75 Å². The Balaban J connectivity index is 2.06. The Morgan fingerprint density at radius 2 is 1.96 bits per heavy atom. The van der Waals surface area contributed by atoms with Crippen LogP contribution in [0.1, 0.15) is 5.56 Å². The second-order valence-electron chi connectivity index (χ2n) is 5.46. The van der Waals surface area contributed by atoms with Crippen LogP contribution < -0.4 is 10.3 Å². The van der Waals surface area contributed by atoms with Gasteiger partial charge in [-0.3, -0.25) is 9.36 Å². The molecule has 0 atom stereocenters. The minimum absolute atomic E-state index is 0.0656. The van der Waals surface area contributed by atoms with Crippen LogP contribution in [0.5, 0.6) is 5.75 Å². The number of rotatable bonds is 6. The zero-order chi connectivity index (χ0) is 17.8. The third-order valence-corrected chi connectivity index (χ3v) is 5.04. The third kappa shape index (κ3) is 4.06. The minimum Gasteiger partial charge on any atom is -0.497 e. The molecule has 0 saturated heterocycles. The van der Waals surface area contributed by atoms with Gasteiger partial charge in [-0.15, -0.1) is 0 Å². The molecule has 0 aliphatic carbocycles. The molecule has 1 heterocycles. The maximum Gasteiger partial charge on any atom is 0.262 e. The van der Waals surface area contributed by atoms with Gasteiger partial charge in [0.25, 0.3) is 5.56 Å². The van der Waals surface area contributed by atoms with Gasteiger partial charge < -0.3 is 4.74 Å². The van der Waals surface area contributed by atoms with E-state index >= 15 is 0 Å². The van der Waals surface area contributed by atoms with Crippen LogP contribution in [0.2, 0.25) is 0 Å². The molecule has 3 rings (SSSR count). The Morgan fingerprint density at radius 1 is 1.24 bits per heavy atom. The maximum atomic E-state index is 13.0. The first-order valence-electron chi connectivity index (χ1n) is 7.67. The van der Waals surface area contributed by atoms with E-state index in [1.165, 1.54) is 11.8 Å². The third-order valence-electron chi connectivity index (χ3n) is 3.68. The predicted octanol–water partition coefficient (Wildman–Crippen LogP) is 4.30. The molecule has 3 aromatic rings. The lowest BCUT2D eigenvalue weighted by molar-refractivity contribution is 0.414. The minimum atomic E-state index is -0.0656. The summed E-state index contributed by atoms with van der Waals surface area (Å²) in [6.45, 7) is 4.13. The first kappa shape index (κ1) is 17.6. The molecule has 4 nitrogen and oxygen atoms in total. The Morgan fingerprint density at radius 3 is 2.64 bits per heavy atom. The Hall–Kier alpha value is -2.24. The normalized spacial score (nSPS) is 10.8. The van der Waals surface area contributed by atoms with Crippen molar-refractivity contribution in [3.05, 3.63) is 76.1 Å². The highest BCUT2D eigenvalue weighted by Gasteiger charge is 2.12. The van der Waals surface area contributed by atoms with Crippen molar-refractivity contribution in [2.45, 2.75) is 11.7 Å². The summed E-state index contributed by atoms with van der Waals surface area (Å²) in [7, 11) is 1.63. The van der Waals surface area contributed by atoms with E-state index in [1.807, 2.05) is 42.5 Å². The molecule has 128 valence electrons. The van der Waals surface area contributed by atoms with Crippen LogP contribution in [0, 0.1) is 0 Å². The Kier molecular flexibility index (Phi) is 5.46. The van der Waals surface area contributed by atoms with Crippen LogP contribution >= 0.6 is 23.4 Å². The van der Waals surface area contributed by atoms with E-state index in [4.69, 9.17) is 16.3 Å². The molecule has 0 N–H and O–H groups in total. The van der Waals surface area contributed by atoms with E-state index in [1.54, 1.807) is 17.7 Å². The smallest absolute Gasteiger partial charge is 0.262 e. The molecule has 0 unspecified atom stereocenters. The number of fused-ring (bicyclic) bond motifs is 1. The number of aromatic nitrogens is 2. The van der Waals surface area contributed by atoms with Crippen molar-refractivity contribution in [1.82, 2.24) is 9.55 Å². The molecule has 0 aliphatic rings. The van der Waals surface area contributed by atoms with Gasteiger partial charge in [0.05, 0.1) is 24.6 Å². The van der Waals surface area contributed by atoms with Gasteiger partial charge in [0, 0.05) is 10.8 Å². The number of para-hydroxylation sites is 1. The molecular weight excluding hydrogens is 356 g/mol. The summed E-state index contributed by atoms with van der Waals surface area (Å²) in [5, 5.41) is 1.75. The van der Waals surface area contributed by atoms with Crippen molar-refractivity contribution < 1.29 is 4.74 Å². The topological polar surface area (TPSA) is 44.1 Å². The van der Waals surface area contributed by atoms with E-state index in [0.717, 1.165) is 11.3 Å². The zero-order valence-corrected chi connectivity index (χ0v) is 15.3. The molecule has 0 radical (unpaired) electrons. The molecule has 6 heteroatoms. The number of hydrogen-bond donors (Lipinski definition) is 0. The fraction of sp³-hybridized carbons (Fsp3) is 0.158. The molecule has 0 bridgehead atoms. The summed E-state index contributed by atoms with van der Waals surface area (Å²) >= 11 is 7.29. The van der Waals surface area contributed by atoms with E-state index < -0.39 is 0 Å². The predicted molar refractivity (Wildman–Crippen MR) is 104 cm³/mol. The Labute approximate surface area is 155 Å². The van der Waals surface area contributed by atoms with Gasteiger partial charge in [0.2, 0.25) is 0 Å². The number of thioether (sulfide) groups is 1. The molecule has 0 spiro atoms. The van der Waals surface area contributed by atoms with Crippen LogP contribution in [-0.2, 0) is 6.54 Å². The van der Waals surface area contributed by atoms with Crippen LogP contribution in [0.3, 0.4) is 0 Å². The molecule has 0 fully saturated rings. The van der Waals surface area contributed by atoms with Crippen molar-refractivity contribution in [1.29, 1.82) is 0 Å². The summed E-state index contributed by atoms with van der Waals surface area (Å²) in [6.07, 6.45) is 0. The van der Waals surface area contributed by atoms with E-state index in [-0.39, 0.29) is 5.56 Å². The number of methoxy groups -OCH3 is 1. The molecule has 0 aliphatic heterocycles. The molecule has 0 amide bonds. The van der Waals surface area contributed by atoms with Crippen molar-refractivity contribution in [3.63, 3.8) is 0 Å². The number of benzene rings is 2. The monoisotopic (exact) mass is 372 g/mol. The summed E-state index contributed by atoms with van der Waals surface area (Å²) in [4.78, 5) is 17.6. The highest BCUT2D eigenvalue weighted by molar-refractivity contribution is 7.99. The SMILES string of the molecule is C=C(Cl)CSc1nc2ccccc2c(=O)n1Cc1ccc(OC)cc1. The lowest BCUT2D eigenvalue weighted by atomic mass is 10.2. The van der Waals surface area contributed by atoms with Gasteiger partial charge >= 0.3 is 0 Å². The quantitative estimate of drug-likeness (QED) is 0.478. The summed E-state index contributed by atoms with van der Waals surface area (Å²) in [6, 6.07) is 15.0. The summed E-state index contributed by atoms with van der Waals surface area (Å²) in [5.74, 6) is 1.27. The van der Waals surface area contributed by atoms with Crippen molar-refractivity contribution in [3.8, 4) is 5.75 Å². The van der Waals surface area contributed by atoms with Gasteiger partial charge in [-0.2, -0.15) is 0 Å². The van der Waals surface area contributed by atoms with Crippen LogP contribution in [-0.4, -0.2) is 22.4 Å². The maximum absolute atomic E-state index is 13.0. The van der Waals surface area contributed by atoms with Gasteiger partial charge in [-0.05, 0) is 29.8 Å². The lowest BCUT2D eigenvalue weighted by Crippen LogP contribution is -2.24. The molecule has 2 aromatic carbocycles. The van der Waals surface area contributed by atoms with Crippen LogP contribution in [0.15, 0.2) is 70.1 Å². The first-order valence-corrected chi connectivity index (χ1v) is 9.03. The largest absolute Gasteiger partial charge is 0.497 e. The molecular formula is C19H17ClN2O2S. The number of nitrogens with zero attached hydrogens (tertiary/aromatic N) is 2. The summed E-state index contributed by atoms with van der Waals surface area (Å²) in [5.41, 5.74) is 1.61. The van der Waals surface area contributed by atoms with Crippen molar-refractivity contribution in [2.75, 3.05) is 12.9 Å². The van der Waals surface area contributed by atoms with Gasteiger partial charge in [-0.25, -0.2) is 4.98 Å². The number of ether oxygens (including phenoxy) is 1. The average Bonchev–Trinajstić information content (AvgIpc) is 2.63.